The van der Waals surface area contributed by atoms with Crippen LogP contribution in [-0.2, 0) is 9.59 Å². The zero-order chi connectivity index (χ0) is 15.7. The largest absolute Gasteiger partial charge is 0.312 e. The molecule has 1 N–H and O–H groups in total. The highest BCUT2D eigenvalue weighted by Gasteiger charge is 2.42. The van der Waals surface area contributed by atoms with E-state index in [9.17, 15) is 9.59 Å². The zero-order valence-electron chi connectivity index (χ0n) is 13.4. The molecule has 0 bridgehead atoms. The van der Waals surface area contributed by atoms with E-state index in [1.54, 1.807) is 0 Å². The summed E-state index contributed by atoms with van der Waals surface area (Å²) in [6.45, 7) is 8.16. The molecule has 1 aromatic carbocycles. The first-order chi connectivity index (χ1) is 9.85. The monoisotopic (exact) mass is 288 g/mol. The molecule has 1 aliphatic heterocycles. The minimum absolute atomic E-state index is 0.0333. The summed E-state index contributed by atoms with van der Waals surface area (Å²) >= 11 is 0. The Morgan fingerprint density at radius 3 is 1.95 bits per heavy atom. The molecule has 0 radical (unpaired) electrons. The lowest BCUT2D eigenvalue weighted by atomic mass is 10.00. The van der Waals surface area contributed by atoms with Crippen molar-refractivity contribution in [3.05, 3.63) is 34.9 Å². The number of carbonyl (C=O) groups is 2. The fourth-order valence-electron chi connectivity index (χ4n) is 2.96. The van der Waals surface area contributed by atoms with E-state index in [1.165, 1.54) is 16.0 Å². The van der Waals surface area contributed by atoms with Gasteiger partial charge in [0.2, 0.25) is 11.8 Å². The number of hydrogen-bond acceptors (Lipinski definition) is 3. The Labute approximate surface area is 126 Å². The molecule has 21 heavy (non-hydrogen) atoms. The number of aryl methyl sites for hydroxylation is 2. The van der Waals surface area contributed by atoms with Gasteiger partial charge in [-0.15, -0.1) is 0 Å². The summed E-state index contributed by atoms with van der Waals surface area (Å²) < 4.78 is 0. The van der Waals surface area contributed by atoms with Crippen LogP contribution in [0.15, 0.2) is 18.2 Å². The van der Waals surface area contributed by atoms with Gasteiger partial charge in [0.1, 0.15) is 0 Å². The normalized spacial score (nSPS) is 23.8. The SMILES string of the molecule is CNC(CN1C(=O)C(C)C(C)C1=O)c1cc(C)cc(C)c1. The van der Waals surface area contributed by atoms with Crippen molar-refractivity contribution in [2.45, 2.75) is 33.7 Å². The zero-order valence-corrected chi connectivity index (χ0v) is 13.4. The lowest BCUT2D eigenvalue weighted by molar-refractivity contribution is -0.140. The number of rotatable bonds is 4. The molecule has 1 aliphatic rings. The van der Waals surface area contributed by atoms with Crippen molar-refractivity contribution in [3.8, 4) is 0 Å². The van der Waals surface area contributed by atoms with E-state index in [4.69, 9.17) is 0 Å². The maximum atomic E-state index is 12.2. The molecule has 0 spiro atoms. The van der Waals surface area contributed by atoms with Crippen molar-refractivity contribution in [3.63, 3.8) is 0 Å². The predicted molar refractivity (Wildman–Crippen MR) is 82.8 cm³/mol. The van der Waals surface area contributed by atoms with Crippen LogP contribution in [-0.4, -0.2) is 30.3 Å². The highest BCUT2D eigenvalue weighted by atomic mass is 16.2. The standard InChI is InChI=1S/C17H24N2O2/c1-10-6-11(2)8-14(7-10)15(18-5)9-19-16(20)12(3)13(4)17(19)21/h6-8,12-13,15,18H,9H2,1-5H3. The minimum Gasteiger partial charge on any atom is -0.312 e. The quantitative estimate of drug-likeness (QED) is 0.864. The Bertz CT molecular complexity index is 528. The van der Waals surface area contributed by atoms with Crippen LogP contribution in [0.25, 0.3) is 0 Å². The van der Waals surface area contributed by atoms with Gasteiger partial charge >= 0.3 is 0 Å². The molecular weight excluding hydrogens is 264 g/mol. The van der Waals surface area contributed by atoms with Gasteiger partial charge in [-0.1, -0.05) is 43.2 Å². The van der Waals surface area contributed by atoms with Crippen molar-refractivity contribution in [2.24, 2.45) is 11.8 Å². The van der Waals surface area contributed by atoms with Gasteiger partial charge in [-0.25, -0.2) is 0 Å². The Hall–Kier alpha value is -1.68. The highest BCUT2D eigenvalue weighted by Crippen LogP contribution is 2.28. The molecule has 2 amide bonds. The highest BCUT2D eigenvalue weighted by molar-refractivity contribution is 6.04. The van der Waals surface area contributed by atoms with E-state index in [0.29, 0.717) is 6.54 Å². The fourth-order valence-corrected chi connectivity index (χ4v) is 2.96. The average molecular weight is 288 g/mol. The second-order valence-electron chi connectivity index (χ2n) is 6.13. The van der Waals surface area contributed by atoms with Crippen LogP contribution in [0.1, 0.15) is 36.6 Å². The van der Waals surface area contributed by atoms with E-state index < -0.39 is 0 Å². The fraction of sp³-hybridized carbons (Fsp3) is 0.529. The number of likely N-dealkylation sites (tertiary alicyclic amines) is 1. The summed E-state index contributed by atoms with van der Waals surface area (Å²) in [7, 11) is 1.86. The lowest BCUT2D eigenvalue weighted by Gasteiger charge is -2.23. The molecule has 0 saturated carbocycles. The Morgan fingerprint density at radius 2 is 1.52 bits per heavy atom. The molecule has 3 unspecified atom stereocenters. The third-order valence-corrected chi connectivity index (χ3v) is 4.42. The van der Waals surface area contributed by atoms with E-state index >= 15 is 0 Å². The van der Waals surface area contributed by atoms with Crippen molar-refractivity contribution >= 4 is 11.8 Å². The third kappa shape index (κ3) is 3.00. The summed E-state index contributed by atoms with van der Waals surface area (Å²) in [6, 6.07) is 6.29. The molecule has 0 aliphatic carbocycles. The second-order valence-corrected chi connectivity index (χ2v) is 6.13. The molecule has 114 valence electrons. The van der Waals surface area contributed by atoms with Crippen LogP contribution < -0.4 is 5.32 Å². The lowest BCUT2D eigenvalue weighted by Crippen LogP contribution is -2.38. The number of nitrogens with zero attached hydrogens (tertiary/aromatic N) is 1. The summed E-state index contributed by atoms with van der Waals surface area (Å²) in [5.74, 6) is -0.544. The van der Waals surface area contributed by atoms with Gasteiger partial charge in [0, 0.05) is 18.4 Å². The number of nitrogens with one attached hydrogen (secondary N) is 1. The Balaban J connectivity index is 2.23. The van der Waals surface area contributed by atoms with Gasteiger partial charge in [-0.2, -0.15) is 0 Å². The summed E-state index contributed by atoms with van der Waals surface area (Å²) in [4.78, 5) is 25.9. The van der Waals surface area contributed by atoms with Gasteiger partial charge in [-0.05, 0) is 26.5 Å². The third-order valence-electron chi connectivity index (χ3n) is 4.42. The maximum absolute atomic E-state index is 12.2. The van der Waals surface area contributed by atoms with Crippen LogP contribution >= 0.6 is 0 Å². The van der Waals surface area contributed by atoms with Gasteiger partial charge in [-0.3, -0.25) is 14.5 Å². The average Bonchev–Trinajstić information content (AvgIpc) is 2.60. The molecular formula is C17H24N2O2. The topological polar surface area (TPSA) is 49.4 Å². The minimum atomic E-state index is -0.214. The van der Waals surface area contributed by atoms with Gasteiger partial charge < -0.3 is 5.32 Å². The van der Waals surface area contributed by atoms with Crippen molar-refractivity contribution in [1.29, 1.82) is 0 Å². The summed E-state index contributed by atoms with van der Waals surface area (Å²) in [6.07, 6.45) is 0. The van der Waals surface area contributed by atoms with E-state index in [1.807, 2.05) is 20.9 Å². The number of carbonyl (C=O) groups excluding carboxylic acids is 2. The van der Waals surface area contributed by atoms with Crippen molar-refractivity contribution < 1.29 is 9.59 Å². The summed E-state index contributed by atoms with van der Waals surface area (Å²) in [5.41, 5.74) is 3.49. The molecule has 1 fully saturated rings. The molecule has 2 rings (SSSR count). The number of hydrogen-bond donors (Lipinski definition) is 1. The van der Waals surface area contributed by atoms with Gasteiger partial charge in [0.05, 0.1) is 6.04 Å². The smallest absolute Gasteiger partial charge is 0.232 e. The van der Waals surface area contributed by atoms with Crippen LogP contribution in [0.4, 0.5) is 0 Å². The van der Waals surface area contributed by atoms with Crippen molar-refractivity contribution in [2.75, 3.05) is 13.6 Å². The number of amides is 2. The number of likely N-dealkylation sites (N-methyl/N-ethyl adjacent to an activating group) is 1. The number of benzene rings is 1. The van der Waals surface area contributed by atoms with Crippen LogP contribution in [0.2, 0.25) is 0 Å². The van der Waals surface area contributed by atoms with Crippen molar-refractivity contribution in [1.82, 2.24) is 10.2 Å². The molecule has 1 heterocycles. The molecule has 1 aromatic rings. The van der Waals surface area contributed by atoms with E-state index in [2.05, 4.69) is 37.4 Å². The molecule has 3 atom stereocenters. The first-order valence-corrected chi connectivity index (χ1v) is 7.45. The predicted octanol–water partition coefficient (Wildman–Crippen LogP) is 2.20. The summed E-state index contributed by atoms with van der Waals surface area (Å²) in [5, 5.41) is 3.22. The molecule has 4 nitrogen and oxygen atoms in total. The number of imide groups is 1. The van der Waals surface area contributed by atoms with E-state index in [0.717, 1.165) is 5.56 Å². The van der Waals surface area contributed by atoms with Crippen LogP contribution in [0.5, 0.6) is 0 Å². The molecule has 0 aromatic heterocycles. The molecule has 1 saturated heterocycles. The Morgan fingerprint density at radius 1 is 1.05 bits per heavy atom. The van der Waals surface area contributed by atoms with Crippen LogP contribution in [0, 0.1) is 25.7 Å². The molecule has 4 heteroatoms. The van der Waals surface area contributed by atoms with Gasteiger partial charge in [0.15, 0.2) is 0 Å². The first kappa shape index (κ1) is 15.7. The van der Waals surface area contributed by atoms with E-state index in [-0.39, 0.29) is 29.7 Å². The Kier molecular flexibility index (Phi) is 4.47. The van der Waals surface area contributed by atoms with Crippen LogP contribution in [0.3, 0.4) is 0 Å². The van der Waals surface area contributed by atoms with Gasteiger partial charge in [0.25, 0.3) is 0 Å². The first-order valence-electron chi connectivity index (χ1n) is 7.45. The maximum Gasteiger partial charge on any atom is 0.232 e. The second kappa shape index (κ2) is 5.98.